The molecule has 0 saturated carbocycles. The third-order valence-corrected chi connectivity index (χ3v) is 7.07. The van der Waals surface area contributed by atoms with Crippen LogP contribution in [0.4, 0.5) is 0 Å². The first-order chi connectivity index (χ1) is 12.3. The number of hydrogen-bond acceptors (Lipinski definition) is 4. The fourth-order valence-electron chi connectivity index (χ4n) is 3.60. The fraction of sp³-hybridized carbons (Fsp3) is 0.632. The van der Waals surface area contributed by atoms with Crippen molar-refractivity contribution < 1.29 is 18.3 Å². The lowest BCUT2D eigenvalue weighted by molar-refractivity contribution is -0.139. The summed E-state index contributed by atoms with van der Waals surface area (Å²) in [6.45, 7) is 5.44. The van der Waals surface area contributed by atoms with Crippen molar-refractivity contribution in [2.45, 2.75) is 45.6 Å². The molecule has 1 heterocycles. The van der Waals surface area contributed by atoms with E-state index in [-0.39, 0.29) is 18.3 Å². The summed E-state index contributed by atoms with van der Waals surface area (Å²) in [7, 11) is -3.15. The smallest absolute Gasteiger partial charge is 0.317 e. The van der Waals surface area contributed by atoms with Crippen molar-refractivity contribution in [2.75, 3.05) is 31.9 Å². The van der Waals surface area contributed by atoms with Crippen LogP contribution in [0.3, 0.4) is 0 Å². The fourth-order valence-corrected chi connectivity index (χ4v) is 4.73. The summed E-state index contributed by atoms with van der Waals surface area (Å²) in [5.41, 5.74) is 2.56. The van der Waals surface area contributed by atoms with Gasteiger partial charge in [-0.15, -0.1) is 0 Å². The number of carbonyl (C=O) groups is 1. The van der Waals surface area contributed by atoms with Crippen LogP contribution in [0.15, 0.2) is 24.3 Å². The average Bonchev–Trinajstić information content (AvgIpc) is 2.62. The zero-order chi connectivity index (χ0) is 19.2. The highest BCUT2D eigenvalue weighted by Gasteiger charge is 2.30. The minimum absolute atomic E-state index is 0.0129. The Morgan fingerprint density at radius 3 is 2.50 bits per heavy atom. The second-order valence-corrected chi connectivity index (χ2v) is 9.18. The summed E-state index contributed by atoms with van der Waals surface area (Å²) in [5, 5.41) is 9.25. The van der Waals surface area contributed by atoms with Gasteiger partial charge in [-0.3, -0.25) is 9.69 Å². The Kier molecular flexibility index (Phi) is 7.61. The molecule has 1 aromatic rings. The second-order valence-electron chi connectivity index (χ2n) is 6.93. The van der Waals surface area contributed by atoms with Gasteiger partial charge in [-0.05, 0) is 57.2 Å². The van der Waals surface area contributed by atoms with Crippen molar-refractivity contribution in [3.63, 3.8) is 0 Å². The van der Waals surface area contributed by atoms with E-state index in [9.17, 15) is 18.3 Å². The third-order valence-electron chi connectivity index (χ3n) is 5.19. The quantitative estimate of drug-likeness (QED) is 0.708. The number of carboxylic acids is 1. The van der Waals surface area contributed by atoms with Crippen LogP contribution in [0.5, 0.6) is 0 Å². The van der Waals surface area contributed by atoms with Gasteiger partial charge >= 0.3 is 5.97 Å². The minimum atomic E-state index is -3.15. The topological polar surface area (TPSA) is 77.9 Å². The summed E-state index contributed by atoms with van der Waals surface area (Å²) in [6, 6.07) is 8.39. The molecule has 1 aliphatic rings. The number of hydrogen-bond donors (Lipinski definition) is 1. The van der Waals surface area contributed by atoms with Gasteiger partial charge in [0.25, 0.3) is 0 Å². The van der Waals surface area contributed by atoms with Crippen LogP contribution in [0, 0.1) is 6.92 Å². The normalized spacial score (nSPS) is 16.9. The number of rotatable bonds is 9. The summed E-state index contributed by atoms with van der Waals surface area (Å²) in [6.07, 6.45) is 3.20. The maximum atomic E-state index is 12.0. The number of carboxylic acid groups (broad SMARTS) is 1. The molecule has 2 rings (SSSR count). The molecule has 1 N–H and O–H groups in total. The van der Waals surface area contributed by atoms with Crippen molar-refractivity contribution >= 4 is 16.0 Å². The SMILES string of the molecule is CCS(=O)(=O)N1CCC(N(CCCc2ccccc2C)CC(=O)O)CC1. The number of piperidine rings is 1. The molecule has 0 amide bonds. The lowest BCUT2D eigenvalue weighted by atomic mass is 10.0. The first-order valence-corrected chi connectivity index (χ1v) is 10.9. The Balaban J connectivity index is 1.91. The van der Waals surface area contributed by atoms with Crippen LogP contribution < -0.4 is 0 Å². The number of benzene rings is 1. The van der Waals surface area contributed by atoms with Crippen molar-refractivity contribution in [3.05, 3.63) is 35.4 Å². The van der Waals surface area contributed by atoms with Crippen LogP contribution >= 0.6 is 0 Å². The highest BCUT2D eigenvalue weighted by atomic mass is 32.2. The number of sulfonamides is 1. The Labute approximate surface area is 156 Å². The highest BCUT2D eigenvalue weighted by molar-refractivity contribution is 7.89. The molecule has 1 fully saturated rings. The lowest BCUT2D eigenvalue weighted by Gasteiger charge is -2.37. The number of aliphatic carboxylic acids is 1. The van der Waals surface area contributed by atoms with E-state index in [4.69, 9.17) is 0 Å². The van der Waals surface area contributed by atoms with Crippen LogP contribution in [-0.4, -0.2) is 66.7 Å². The summed E-state index contributed by atoms with van der Waals surface area (Å²) in [5.74, 6) is -0.711. The van der Waals surface area contributed by atoms with Crippen LogP contribution in [0.1, 0.15) is 37.3 Å². The van der Waals surface area contributed by atoms with E-state index in [2.05, 4.69) is 19.1 Å². The molecular formula is C19H30N2O4S. The third kappa shape index (κ3) is 5.79. The molecule has 1 aromatic carbocycles. The van der Waals surface area contributed by atoms with Crippen molar-refractivity contribution in [1.82, 2.24) is 9.21 Å². The maximum absolute atomic E-state index is 12.0. The van der Waals surface area contributed by atoms with Gasteiger partial charge in [0.2, 0.25) is 10.0 Å². The molecule has 0 aromatic heterocycles. The predicted molar refractivity (Wildman–Crippen MR) is 103 cm³/mol. The number of nitrogens with zero attached hydrogens (tertiary/aromatic N) is 2. The molecule has 0 spiro atoms. The van der Waals surface area contributed by atoms with E-state index in [1.165, 1.54) is 15.4 Å². The Morgan fingerprint density at radius 2 is 1.92 bits per heavy atom. The van der Waals surface area contributed by atoms with Crippen molar-refractivity contribution in [3.8, 4) is 0 Å². The second kappa shape index (κ2) is 9.48. The van der Waals surface area contributed by atoms with E-state index in [0.29, 0.717) is 32.5 Å². The molecule has 6 nitrogen and oxygen atoms in total. The van der Waals surface area contributed by atoms with Gasteiger partial charge in [0.05, 0.1) is 12.3 Å². The molecule has 0 atom stereocenters. The van der Waals surface area contributed by atoms with Gasteiger partial charge in [-0.1, -0.05) is 24.3 Å². The molecule has 1 saturated heterocycles. The zero-order valence-corrected chi connectivity index (χ0v) is 16.5. The van der Waals surface area contributed by atoms with Crippen molar-refractivity contribution in [1.29, 1.82) is 0 Å². The van der Waals surface area contributed by atoms with Crippen LogP contribution in [-0.2, 0) is 21.2 Å². The van der Waals surface area contributed by atoms with Gasteiger partial charge < -0.3 is 5.11 Å². The Hall–Kier alpha value is -1.44. The molecule has 0 radical (unpaired) electrons. The van der Waals surface area contributed by atoms with E-state index in [1.54, 1.807) is 6.92 Å². The number of aryl methyl sites for hydroxylation is 2. The Morgan fingerprint density at radius 1 is 1.27 bits per heavy atom. The van der Waals surface area contributed by atoms with E-state index < -0.39 is 16.0 Å². The van der Waals surface area contributed by atoms with E-state index in [1.807, 2.05) is 17.0 Å². The zero-order valence-electron chi connectivity index (χ0n) is 15.7. The summed E-state index contributed by atoms with van der Waals surface area (Å²) >= 11 is 0. The van der Waals surface area contributed by atoms with Crippen LogP contribution in [0.25, 0.3) is 0 Å². The van der Waals surface area contributed by atoms with Gasteiger partial charge in [0.1, 0.15) is 0 Å². The molecule has 0 unspecified atom stereocenters. The first-order valence-electron chi connectivity index (χ1n) is 9.31. The molecule has 1 aliphatic heterocycles. The average molecular weight is 383 g/mol. The van der Waals surface area contributed by atoms with Gasteiger partial charge in [0.15, 0.2) is 0 Å². The van der Waals surface area contributed by atoms with E-state index in [0.717, 1.165) is 12.8 Å². The van der Waals surface area contributed by atoms with Crippen molar-refractivity contribution in [2.24, 2.45) is 0 Å². The summed E-state index contributed by atoms with van der Waals surface area (Å²) < 4.78 is 25.5. The molecule has 0 aliphatic carbocycles. The van der Waals surface area contributed by atoms with E-state index >= 15 is 0 Å². The van der Waals surface area contributed by atoms with Gasteiger partial charge in [0, 0.05) is 19.1 Å². The first kappa shape index (κ1) is 20.9. The largest absolute Gasteiger partial charge is 0.480 e. The molecule has 7 heteroatoms. The molecule has 26 heavy (non-hydrogen) atoms. The standard InChI is InChI=1S/C19H30N2O4S/c1-3-26(24,25)21-13-10-18(11-14-21)20(15-19(22)23)12-6-9-17-8-5-4-7-16(17)2/h4-5,7-8,18H,3,6,9-15H2,1-2H3,(H,22,23). The van der Waals surface area contributed by atoms with Gasteiger partial charge in [-0.2, -0.15) is 0 Å². The monoisotopic (exact) mass is 382 g/mol. The predicted octanol–water partition coefficient (Wildman–Crippen LogP) is 2.13. The summed E-state index contributed by atoms with van der Waals surface area (Å²) in [4.78, 5) is 13.3. The van der Waals surface area contributed by atoms with Gasteiger partial charge in [-0.25, -0.2) is 12.7 Å². The minimum Gasteiger partial charge on any atom is -0.480 e. The molecule has 0 bridgehead atoms. The maximum Gasteiger partial charge on any atom is 0.317 e. The van der Waals surface area contributed by atoms with Crippen LogP contribution in [0.2, 0.25) is 0 Å². The molecule has 146 valence electrons. The highest BCUT2D eigenvalue weighted by Crippen LogP contribution is 2.20. The lowest BCUT2D eigenvalue weighted by Crippen LogP contribution is -2.48. The molecular weight excluding hydrogens is 352 g/mol. The Bertz CT molecular complexity index is 697.